The van der Waals surface area contributed by atoms with Crippen LogP contribution in [0.3, 0.4) is 0 Å². The van der Waals surface area contributed by atoms with Gasteiger partial charge in [-0.05, 0) is 38.5 Å². The molecule has 0 fully saturated rings. The first-order valence-electron chi connectivity index (χ1n) is 8.47. The molecule has 0 spiro atoms. The molecule has 0 aliphatic carbocycles. The van der Waals surface area contributed by atoms with Crippen molar-refractivity contribution >= 4 is 32.4 Å². The zero-order valence-electron chi connectivity index (χ0n) is 15.4. The van der Waals surface area contributed by atoms with Crippen molar-refractivity contribution in [3.05, 3.63) is 34.8 Å². The van der Waals surface area contributed by atoms with Crippen LogP contribution in [0.4, 0.5) is 5.13 Å². The van der Waals surface area contributed by atoms with Crippen LogP contribution in [0.5, 0.6) is 0 Å². The van der Waals surface area contributed by atoms with E-state index in [9.17, 15) is 13.2 Å². The molecule has 0 aliphatic heterocycles. The quantitative estimate of drug-likeness (QED) is 0.740. The van der Waals surface area contributed by atoms with Crippen LogP contribution in [0.2, 0.25) is 0 Å². The Morgan fingerprint density at radius 3 is 2.69 bits per heavy atom. The van der Waals surface area contributed by atoms with Crippen molar-refractivity contribution in [2.24, 2.45) is 0 Å². The summed E-state index contributed by atoms with van der Waals surface area (Å²) in [6.45, 7) is 5.68. The van der Waals surface area contributed by atoms with E-state index in [4.69, 9.17) is 0 Å². The summed E-state index contributed by atoms with van der Waals surface area (Å²) in [6.07, 6.45) is 2.92. The van der Waals surface area contributed by atoms with Gasteiger partial charge in [-0.15, -0.1) is 10.2 Å². The van der Waals surface area contributed by atoms with Gasteiger partial charge in [0.1, 0.15) is 5.01 Å². The lowest BCUT2D eigenvalue weighted by Gasteiger charge is -2.21. The molecule has 1 N–H and O–H groups in total. The van der Waals surface area contributed by atoms with Crippen molar-refractivity contribution in [1.29, 1.82) is 0 Å². The van der Waals surface area contributed by atoms with Crippen molar-refractivity contribution in [1.82, 2.24) is 14.5 Å². The largest absolute Gasteiger partial charge is 0.296 e. The fourth-order valence-electron chi connectivity index (χ4n) is 2.14. The number of carbonyl (C=O) groups is 1. The summed E-state index contributed by atoms with van der Waals surface area (Å²) in [5.74, 6) is -0.410. The van der Waals surface area contributed by atoms with Gasteiger partial charge >= 0.3 is 0 Å². The summed E-state index contributed by atoms with van der Waals surface area (Å²) in [5.41, 5.74) is 0.258. The van der Waals surface area contributed by atoms with Gasteiger partial charge in [-0.2, -0.15) is 4.31 Å². The predicted octanol–water partition coefficient (Wildman–Crippen LogP) is 3.16. The minimum absolute atomic E-state index is 0.0854. The zero-order valence-corrected chi connectivity index (χ0v) is 17.0. The molecule has 0 aliphatic rings. The second-order valence-corrected chi connectivity index (χ2v) is 9.26. The van der Waals surface area contributed by atoms with Gasteiger partial charge in [0, 0.05) is 25.1 Å². The molecule has 1 amide bonds. The van der Waals surface area contributed by atoms with Crippen molar-refractivity contribution in [3.63, 3.8) is 0 Å². The minimum atomic E-state index is -3.65. The molecule has 1 heterocycles. The van der Waals surface area contributed by atoms with E-state index in [-0.39, 0.29) is 16.5 Å². The van der Waals surface area contributed by atoms with Crippen LogP contribution in [0.15, 0.2) is 29.2 Å². The number of aromatic nitrogens is 2. The third-order valence-electron chi connectivity index (χ3n) is 3.93. The first kappa shape index (κ1) is 20.5. The van der Waals surface area contributed by atoms with Gasteiger partial charge in [0.05, 0.1) is 4.90 Å². The van der Waals surface area contributed by atoms with Crippen LogP contribution in [0, 0.1) is 0 Å². The Bertz CT molecular complexity index is 862. The Morgan fingerprint density at radius 2 is 2.04 bits per heavy atom. The van der Waals surface area contributed by atoms with E-state index in [0.717, 1.165) is 24.3 Å². The van der Waals surface area contributed by atoms with E-state index in [2.05, 4.69) is 22.4 Å². The van der Waals surface area contributed by atoms with Crippen LogP contribution < -0.4 is 5.32 Å². The summed E-state index contributed by atoms with van der Waals surface area (Å²) in [5, 5.41) is 12.0. The van der Waals surface area contributed by atoms with Crippen molar-refractivity contribution in [3.8, 4) is 0 Å². The van der Waals surface area contributed by atoms with Crippen LogP contribution in [0.1, 0.15) is 49.0 Å². The van der Waals surface area contributed by atoms with E-state index in [1.165, 1.54) is 34.8 Å². The lowest BCUT2D eigenvalue weighted by molar-refractivity contribution is 0.102. The van der Waals surface area contributed by atoms with Crippen molar-refractivity contribution < 1.29 is 13.2 Å². The number of benzene rings is 1. The highest BCUT2D eigenvalue weighted by atomic mass is 32.2. The van der Waals surface area contributed by atoms with Gasteiger partial charge in [-0.3, -0.25) is 10.1 Å². The van der Waals surface area contributed by atoms with E-state index in [1.54, 1.807) is 26.0 Å². The Kier molecular flexibility index (Phi) is 6.85. The molecule has 0 bridgehead atoms. The molecule has 0 saturated heterocycles. The van der Waals surface area contributed by atoms with E-state index in [1.807, 2.05) is 0 Å². The predicted molar refractivity (Wildman–Crippen MR) is 103 cm³/mol. The smallest absolute Gasteiger partial charge is 0.257 e. The molecular weight excluding hydrogens is 372 g/mol. The number of hydrogen-bond acceptors (Lipinski definition) is 6. The molecule has 0 atom stereocenters. The molecule has 26 heavy (non-hydrogen) atoms. The maximum atomic E-state index is 12.6. The van der Waals surface area contributed by atoms with E-state index < -0.39 is 15.9 Å². The minimum Gasteiger partial charge on any atom is -0.296 e. The number of hydrogen-bond donors (Lipinski definition) is 1. The number of sulfonamides is 1. The number of carbonyl (C=O) groups excluding carboxylic acids is 1. The van der Waals surface area contributed by atoms with Crippen LogP contribution in [-0.4, -0.2) is 41.9 Å². The Balaban J connectivity index is 2.16. The number of aryl methyl sites for hydroxylation is 1. The van der Waals surface area contributed by atoms with E-state index >= 15 is 0 Å². The topological polar surface area (TPSA) is 92.3 Å². The Labute approximate surface area is 158 Å². The second-order valence-electron chi connectivity index (χ2n) is 6.20. The molecule has 0 radical (unpaired) electrons. The number of rotatable bonds is 8. The van der Waals surface area contributed by atoms with Crippen molar-refractivity contribution in [2.45, 2.75) is 51.0 Å². The second kappa shape index (κ2) is 8.70. The number of anilines is 1. The number of amides is 1. The molecule has 1 aromatic heterocycles. The fraction of sp³-hybridized carbons (Fsp3) is 0.471. The SMILES string of the molecule is CCCCc1nnc(NC(=O)c2cccc(S(=O)(=O)N(C)C(C)C)c2)s1. The Morgan fingerprint density at radius 1 is 1.31 bits per heavy atom. The third-order valence-corrected chi connectivity index (χ3v) is 6.86. The first-order chi connectivity index (χ1) is 12.3. The molecular formula is C17H24N4O3S2. The van der Waals surface area contributed by atoms with Gasteiger partial charge in [0.2, 0.25) is 15.2 Å². The fourth-order valence-corrected chi connectivity index (χ4v) is 4.33. The average molecular weight is 397 g/mol. The van der Waals surface area contributed by atoms with Crippen LogP contribution >= 0.6 is 11.3 Å². The molecule has 2 rings (SSSR count). The van der Waals surface area contributed by atoms with Gasteiger partial charge < -0.3 is 0 Å². The third kappa shape index (κ3) is 4.87. The number of nitrogens with one attached hydrogen (secondary N) is 1. The summed E-state index contributed by atoms with van der Waals surface area (Å²) in [7, 11) is -2.13. The molecule has 142 valence electrons. The monoisotopic (exact) mass is 396 g/mol. The van der Waals surface area contributed by atoms with Gasteiger partial charge in [0.15, 0.2) is 0 Å². The zero-order chi connectivity index (χ0) is 19.3. The average Bonchev–Trinajstić information content (AvgIpc) is 3.06. The lowest BCUT2D eigenvalue weighted by Crippen LogP contribution is -2.33. The standard InChI is InChI=1S/C17H24N4O3S2/c1-5-6-10-15-19-20-17(25-15)18-16(22)13-8-7-9-14(11-13)26(23,24)21(4)12(2)3/h7-9,11-12H,5-6,10H2,1-4H3,(H,18,20,22). The molecule has 7 nitrogen and oxygen atoms in total. The lowest BCUT2D eigenvalue weighted by atomic mass is 10.2. The maximum absolute atomic E-state index is 12.6. The van der Waals surface area contributed by atoms with E-state index in [0.29, 0.717) is 5.13 Å². The highest BCUT2D eigenvalue weighted by Gasteiger charge is 2.24. The highest BCUT2D eigenvalue weighted by Crippen LogP contribution is 2.20. The molecule has 2 aromatic rings. The maximum Gasteiger partial charge on any atom is 0.257 e. The van der Waals surface area contributed by atoms with Gasteiger partial charge in [0.25, 0.3) is 5.91 Å². The molecule has 9 heteroatoms. The van der Waals surface area contributed by atoms with Crippen LogP contribution in [0.25, 0.3) is 0 Å². The summed E-state index contributed by atoms with van der Waals surface area (Å²) in [4.78, 5) is 12.5. The normalized spacial score (nSPS) is 11.9. The molecule has 1 aromatic carbocycles. The molecule has 0 saturated carbocycles. The summed E-state index contributed by atoms with van der Waals surface area (Å²) in [6, 6.07) is 5.81. The number of unbranched alkanes of at least 4 members (excludes halogenated alkanes) is 1. The van der Waals surface area contributed by atoms with Gasteiger partial charge in [-0.25, -0.2) is 8.42 Å². The van der Waals surface area contributed by atoms with Crippen LogP contribution in [-0.2, 0) is 16.4 Å². The first-order valence-corrected chi connectivity index (χ1v) is 10.7. The summed E-state index contributed by atoms with van der Waals surface area (Å²) >= 11 is 1.33. The summed E-state index contributed by atoms with van der Waals surface area (Å²) < 4.78 is 26.4. The van der Waals surface area contributed by atoms with Crippen molar-refractivity contribution in [2.75, 3.05) is 12.4 Å². The van der Waals surface area contributed by atoms with Gasteiger partial charge in [-0.1, -0.05) is 30.7 Å². The Hall–Kier alpha value is -1.84. The number of nitrogens with zero attached hydrogens (tertiary/aromatic N) is 3. The highest BCUT2D eigenvalue weighted by molar-refractivity contribution is 7.89. The molecule has 0 unspecified atom stereocenters.